The van der Waals surface area contributed by atoms with Crippen molar-refractivity contribution in [3.05, 3.63) is 24.0 Å². The van der Waals surface area contributed by atoms with E-state index in [9.17, 15) is 9.59 Å². The smallest absolute Gasteiger partial charge is 0.244 e. The SMILES string of the molecule is CCC(=O)/C=C/C(=O)NCc1cn(CCOCCOCC(C)C)nn1. The van der Waals surface area contributed by atoms with Crippen LogP contribution in [0.1, 0.15) is 32.9 Å². The predicted octanol–water partition coefficient (Wildman–Crippen LogP) is 1.12. The molecule has 0 aromatic carbocycles. The number of carbonyl (C=O) groups is 2. The van der Waals surface area contributed by atoms with Gasteiger partial charge in [-0.1, -0.05) is 26.0 Å². The molecule has 1 heterocycles. The van der Waals surface area contributed by atoms with E-state index < -0.39 is 0 Å². The summed E-state index contributed by atoms with van der Waals surface area (Å²) >= 11 is 0. The van der Waals surface area contributed by atoms with Crippen molar-refractivity contribution in [3.8, 4) is 0 Å². The van der Waals surface area contributed by atoms with Crippen LogP contribution in [0.15, 0.2) is 18.3 Å². The highest BCUT2D eigenvalue weighted by molar-refractivity contribution is 5.97. The van der Waals surface area contributed by atoms with Crippen LogP contribution >= 0.6 is 0 Å². The number of carbonyl (C=O) groups excluding carboxylic acids is 2. The molecule has 0 fully saturated rings. The van der Waals surface area contributed by atoms with Gasteiger partial charge in [0, 0.05) is 19.1 Å². The normalized spacial score (nSPS) is 11.4. The van der Waals surface area contributed by atoms with Gasteiger partial charge in [0.2, 0.25) is 5.91 Å². The molecule has 0 atom stereocenters. The van der Waals surface area contributed by atoms with Crippen molar-refractivity contribution in [2.75, 3.05) is 26.4 Å². The molecule has 25 heavy (non-hydrogen) atoms. The van der Waals surface area contributed by atoms with Crippen LogP contribution in [0.3, 0.4) is 0 Å². The zero-order valence-electron chi connectivity index (χ0n) is 15.2. The summed E-state index contributed by atoms with van der Waals surface area (Å²) in [6, 6.07) is 0. The lowest BCUT2D eigenvalue weighted by molar-refractivity contribution is -0.118. The van der Waals surface area contributed by atoms with Gasteiger partial charge in [-0.3, -0.25) is 9.59 Å². The molecule has 0 aliphatic heterocycles. The maximum Gasteiger partial charge on any atom is 0.244 e. The molecule has 1 aromatic heterocycles. The highest BCUT2D eigenvalue weighted by atomic mass is 16.5. The van der Waals surface area contributed by atoms with Crippen LogP contribution in [-0.2, 0) is 32.2 Å². The molecule has 8 heteroatoms. The van der Waals surface area contributed by atoms with Gasteiger partial charge in [-0.05, 0) is 12.0 Å². The van der Waals surface area contributed by atoms with E-state index in [0.29, 0.717) is 44.4 Å². The zero-order chi connectivity index (χ0) is 18.5. The summed E-state index contributed by atoms with van der Waals surface area (Å²) in [5, 5.41) is 10.6. The Morgan fingerprint density at radius 1 is 1.24 bits per heavy atom. The van der Waals surface area contributed by atoms with Crippen LogP contribution in [-0.4, -0.2) is 53.1 Å². The van der Waals surface area contributed by atoms with Crippen LogP contribution < -0.4 is 5.32 Å². The van der Waals surface area contributed by atoms with E-state index in [1.165, 1.54) is 12.2 Å². The number of amides is 1. The minimum atomic E-state index is -0.332. The quantitative estimate of drug-likeness (QED) is 0.422. The Morgan fingerprint density at radius 2 is 2.00 bits per heavy atom. The van der Waals surface area contributed by atoms with E-state index in [4.69, 9.17) is 9.47 Å². The number of ketones is 1. The van der Waals surface area contributed by atoms with Crippen LogP contribution in [0.25, 0.3) is 0 Å². The second-order valence-corrected chi connectivity index (χ2v) is 5.93. The molecule has 0 spiro atoms. The Kier molecular flexibility index (Phi) is 10.3. The number of hydrogen-bond donors (Lipinski definition) is 1. The fraction of sp³-hybridized carbons (Fsp3) is 0.647. The van der Waals surface area contributed by atoms with Crippen molar-refractivity contribution in [1.29, 1.82) is 0 Å². The molecular formula is C17H28N4O4. The fourth-order valence-corrected chi connectivity index (χ4v) is 1.75. The number of rotatable bonds is 13. The Bertz CT molecular complexity index is 555. The van der Waals surface area contributed by atoms with Gasteiger partial charge in [0.1, 0.15) is 5.69 Å². The molecule has 8 nitrogen and oxygen atoms in total. The van der Waals surface area contributed by atoms with Gasteiger partial charge < -0.3 is 14.8 Å². The van der Waals surface area contributed by atoms with Crippen molar-refractivity contribution in [3.63, 3.8) is 0 Å². The zero-order valence-corrected chi connectivity index (χ0v) is 15.2. The molecule has 0 aliphatic rings. The molecule has 1 rings (SSSR count). The van der Waals surface area contributed by atoms with E-state index in [1.54, 1.807) is 17.8 Å². The fourth-order valence-electron chi connectivity index (χ4n) is 1.75. The number of hydrogen-bond acceptors (Lipinski definition) is 6. The van der Waals surface area contributed by atoms with Gasteiger partial charge in [-0.15, -0.1) is 5.10 Å². The van der Waals surface area contributed by atoms with Gasteiger partial charge in [0.05, 0.1) is 39.1 Å². The number of nitrogens with one attached hydrogen (secondary N) is 1. The number of allylic oxidation sites excluding steroid dienone is 1. The van der Waals surface area contributed by atoms with Crippen LogP contribution in [0.5, 0.6) is 0 Å². The van der Waals surface area contributed by atoms with E-state index in [2.05, 4.69) is 29.5 Å². The summed E-state index contributed by atoms with van der Waals surface area (Å²) in [5.41, 5.74) is 0.642. The lowest BCUT2D eigenvalue weighted by Gasteiger charge is -2.07. The molecule has 0 bridgehead atoms. The molecule has 0 saturated heterocycles. The first kappa shape index (κ1) is 21.0. The average Bonchev–Trinajstić information content (AvgIpc) is 3.04. The predicted molar refractivity (Wildman–Crippen MR) is 92.8 cm³/mol. The maximum absolute atomic E-state index is 11.5. The third-order valence-electron chi connectivity index (χ3n) is 3.09. The lowest BCUT2D eigenvalue weighted by Crippen LogP contribution is -2.20. The number of aromatic nitrogens is 3. The van der Waals surface area contributed by atoms with Gasteiger partial charge in [0.25, 0.3) is 0 Å². The minimum Gasteiger partial charge on any atom is -0.379 e. The van der Waals surface area contributed by atoms with Crippen LogP contribution in [0.2, 0.25) is 0 Å². The van der Waals surface area contributed by atoms with Crippen molar-refractivity contribution >= 4 is 11.7 Å². The maximum atomic E-state index is 11.5. The molecule has 1 amide bonds. The number of nitrogens with zero attached hydrogens (tertiary/aromatic N) is 3. The third-order valence-corrected chi connectivity index (χ3v) is 3.09. The molecule has 140 valence electrons. The van der Waals surface area contributed by atoms with E-state index in [1.807, 2.05) is 0 Å². The van der Waals surface area contributed by atoms with E-state index in [-0.39, 0.29) is 18.2 Å². The molecule has 1 N–H and O–H groups in total. The monoisotopic (exact) mass is 352 g/mol. The molecule has 0 radical (unpaired) electrons. The second kappa shape index (κ2) is 12.3. The minimum absolute atomic E-state index is 0.0873. The molecule has 0 saturated carbocycles. The molecule has 1 aromatic rings. The van der Waals surface area contributed by atoms with Crippen LogP contribution in [0.4, 0.5) is 0 Å². The number of ether oxygens (including phenoxy) is 2. The van der Waals surface area contributed by atoms with E-state index in [0.717, 1.165) is 6.61 Å². The van der Waals surface area contributed by atoms with Gasteiger partial charge in [0.15, 0.2) is 5.78 Å². The summed E-state index contributed by atoms with van der Waals surface area (Å²) in [5.74, 6) is 0.105. The summed E-state index contributed by atoms with van der Waals surface area (Å²) in [4.78, 5) is 22.6. The van der Waals surface area contributed by atoms with Crippen molar-refractivity contribution in [2.24, 2.45) is 5.92 Å². The molecular weight excluding hydrogens is 324 g/mol. The summed E-state index contributed by atoms with van der Waals surface area (Å²) in [6.45, 7) is 9.17. The summed E-state index contributed by atoms with van der Waals surface area (Å²) in [7, 11) is 0. The first-order valence-corrected chi connectivity index (χ1v) is 8.54. The van der Waals surface area contributed by atoms with Crippen LogP contribution in [0, 0.1) is 5.92 Å². The second-order valence-electron chi connectivity index (χ2n) is 5.93. The highest BCUT2D eigenvalue weighted by Gasteiger charge is 2.03. The van der Waals surface area contributed by atoms with Gasteiger partial charge in [-0.2, -0.15) is 0 Å². The van der Waals surface area contributed by atoms with Crippen molar-refractivity contribution in [1.82, 2.24) is 20.3 Å². The Morgan fingerprint density at radius 3 is 2.72 bits per heavy atom. The molecule has 0 unspecified atom stereocenters. The van der Waals surface area contributed by atoms with Crippen molar-refractivity contribution < 1.29 is 19.1 Å². The highest BCUT2D eigenvalue weighted by Crippen LogP contribution is 1.95. The third kappa shape index (κ3) is 10.4. The topological polar surface area (TPSA) is 95.3 Å². The Balaban J connectivity index is 2.16. The van der Waals surface area contributed by atoms with Crippen molar-refractivity contribution in [2.45, 2.75) is 40.3 Å². The summed E-state index contributed by atoms with van der Waals surface area (Å²) < 4.78 is 12.5. The standard InChI is InChI=1S/C17H28N4O4/c1-4-16(22)5-6-17(23)18-11-15-12-21(20-19-15)7-8-24-9-10-25-13-14(2)3/h5-6,12,14H,4,7-11,13H2,1-3H3,(H,18,23)/b6-5+. The lowest BCUT2D eigenvalue weighted by atomic mass is 10.2. The van der Waals surface area contributed by atoms with E-state index >= 15 is 0 Å². The first-order valence-electron chi connectivity index (χ1n) is 8.54. The Labute approximate surface area is 148 Å². The first-order chi connectivity index (χ1) is 12.0. The molecule has 0 aliphatic carbocycles. The average molecular weight is 352 g/mol. The largest absolute Gasteiger partial charge is 0.379 e. The summed E-state index contributed by atoms with van der Waals surface area (Å²) in [6.07, 6.45) is 4.63. The Hall–Kier alpha value is -2.06. The van der Waals surface area contributed by atoms with Gasteiger partial charge >= 0.3 is 0 Å². The van der Waals surface area contributed by atoms with Gasteiger partial charge in [-0.25, -0.2) is 4.68 Å².